The summed E-state index contributed by atoms with van der Waals surface area (Å²) in [7, 11) is 0. The molecule has 26 heavy (non-hydrogen) atoms. The Morgan fingerprint density at radius 2 is 1.62 bits per heavy atom. The molecule has 3 atom stereocenters. The number of esters is 1. The van der Waals surface area contributed by atoms with Crippen LogP contribution in [0.15, 0.2) is 0 Å². The largest absolute Gasteiger partial charge is 0.459 e. The number of carbonyl (C=O) groups is 1. The normalized spacial score (nSPS) is 41.2. The molecule has 146 valence electrons. The fraction of sp³-hybridized carbons (Fsp3) is 0.909. The molecule has 0 spiro atoms. The Hall–Kier alpha value is -1.11. The maximum absolute atomic E-state index is 14.2. The van der Waals surface area contributed by atoms with Crippen LogP contribution in [-0.2, 0) is 9.53 Å². The summed E-state index contributed by atoms with van der Waals surface area (Å²) in [6, 6.07) is 2.13. The van der Waals surface area contributed by atoms with Gasteiger partial charge in [0.1, 0.15) is 12.3 Å². The topological polar surface area (TPSA) is 50.1 Å². The van der Waals surface area contributed by atoms with Gasteiger partial charge in [-0.05, 0) is 75.5 Å². The number of alkyl halides is 1. The first-order valence-electron chi connectivity index (χ1n) is 10.8. The molecule has 3 nitrogen and oxygen atoms in total. The van der Waals surface area contributed by atoms with Crippen LogP contribution >= 0.6 is 0 Å². The third-order valence-electron chi connectivity index (χ3n) is 7.40. The molecular formula is C22H34FNO2. The molecule has 3 unspecified atom stereocenters. The van der Waals surface area contributed by atoms with Gasteiger partial charge in [-0.2, -0.15) is 5.26 Å². The van der Waals surface area contributed by atoms with Crippen molar-refractivity contribution >= 4 is 5.97 Å². The SMILES string of the molecule is CCC1CCC(C2CCC(C(=O)OC3CCC(C#N)CC3F)CC2)CC1. The van der Waals surface area contributed by atoms with E-state index in [4.69, 9.17) is 10.00 Å². The monoisotopic (exact) mass is 363 g/mol. The molecule has 0 saturated heterocycles. The zero-order valence-corrected chi connectivity index (χ0v) is 16.2. The predicted molar refractivity (Wildman–Crippen MR) is 98.9 cm³/mol. The highest BCUT2D eigenvalue weighted by atomic mass is 19.1. The second-order valence-corrected chi connectivity index (χ2v) is 8.93. The van der Waals surface area contributed by atoms with Crippen LogP contribution in [0.25, 0.3) is 0 Å². The first-order chi connectivity index (χ1) is 12.6. The average Bonchev–Trinajstić information content (AvgIpc) is 2.69. The average molecular weight is 364 g/mol. The molecule has 0 amide bonds. The Kier molecular flexibility index (Phi) is 6.95. The van der Waals surface area contributed by atoms with Crippen molar-refractivity contribution in [3.63, 3.8) is 0 Å². The lowest BCUT2D eigenvalue weighted by Gasteiger charge is -2.37. The lowest BCUT2D eigenvalue weighted by Crippen LogP contribution is -2.37. The Labute approximate surface area is 157 Å². The molecule has 0 N–H and O–H groups in total. The van der Waals surface area contributed by atoms with Crippen LogP contribution in [0.4, 0.5) is 4.39 Å². The molecule has 4 heteroatoms. The van der Waals surface area contributed by atoms with Crippen LogP contribution in [0.5, 0.6) is 0 Å². The van der Waals surface area contributed by atoms with Gasteiger partial charge < -0.3 is 4.74 Å². The summed E-state index contributed by atoms with van der Waals surface area (Å²) in [5.41, 5.74) is 0. The van der Waals surface area contributed by atoms with Crippen molar-refractivity contribution in [3.8, 4) is 6.07 Å². The number of hydrogen-bond donors (Lipinski definition) is 0. The summed E-state index contributed by atoms with van der Waals surface area (Å²) in [5, 5.41) is 8.92. The van der Waals surface area contributed by atoms with Crippen molar-refractivity contribution in [1.82, 2.24) is 0 Å². The van der Waals surface area contributed by atoms with Gasteiger partial charge in [-0.25, -0.2) is 4.39 Å². The fourth-order valence-electron chi connectivity index (χ4n) is 5.48. The van der Waals surface area contributed by atoms with Crippen LogP contribution in [0.3, 0.4) is 0 Å². The van der Waals surface area contributed by atoms with Gasteiger partial charge in [0.2, 0.25) is 0 Å². The van der Waals surface area contributed by atoms with Gasteiger partial charge in [0.15, 0.2) is 0 Å². The van der Waals surface area contributed by atoms with E-state index in [1.165, 1.54) is 32.1 Å². The fourth-order valence-corrected chi connectivity index (χ4v) is 5.48. The molecule has 0 bridgehead atoms. The minimum absolute atomic E-state index is 0.0425. The number of ether oxygens (including phenoxy) is 1. The Balaban J connectivity index is 1.41. The van der Waals surface area contributed by atoms with E-state index in [9.17, 15) is 9.18 Å². The molecular weight excluding hydrogens is 329 g/mol. The van der Waals surface area contributed by atoms with Gasteiger partial charge >= 0.3 is 5.97 Å². The number of nitriles is 1. The number of nitrogens with zero attached hydrogens (tertiary/aromatic N) is 1. The van der Waals surface area contributed by atoms with Crippen LogP contribution in [0.2, 0.25) is 0 Å². The number of rotatable bonds is 4. The lowest BCUT2D eigenvalue weighted by atomic mass is 9.69. The zero-order chi connectivity index (χ0) is 18.5. The van der Waals surface area contributed by atoms with Gasteiger partial charge in [0.05, 0.1) is 12.0 Å². The van der Waals surface area contributed by atoms with E-state index >= 15 is 0 Å². The highest BCUT2D eigenvalue weighted by Gasteiger charge is 2.37. The second kappa shape index (κ2) is 9.20. The van der Waals surface area contributed by atoms with Crippen molar-refractivity contribution in [2.75, 3.05) is 0 Å². The van der Waals surface area contributed by atoms with Crippen LogP contribution in [-0.4, -0.2) is 18.2 Å². The Morgan fingerprint density at radius 1 is 1.00 bits per heavy atom. The molecule has 0 aliphatic heterocycles. The van der Waals surface area contributed by atoms with Gasteiger partial charge in [0, 0.05) is 5.92 Å². The molecule has 0 radical (unpaired) electrons. The molecule has 0 heterocycles. The lowest BCUT2D eigenvalue weighted by molar-refractivity contribution is -0.161. The van der Waals surface area contributed by atoms with E-state index < -0.39 is 12.3 Å². The van der Waals surface area contributed by atoms with E-state index in [2.05, 4.69) is 13.0 Å². The second-order valence-electron chi connectivity index (χ2n) is 8.93. The van der Waals surface area contributed by atoms with Crippen LogP contribution < -0.4 is 0 Å². The Morgan fingerprint density at radius 3 is 2.15 bits per heavy atom. The van der Waals surface area contributed by atoms with Crippen molar-refractivity contribution < 1.29 is 13.9 Å². The Bertz CT molecular complexity index is 501. The van der Waals surface area contributed by atoms with Gasteiger partial charge in [-0.15, -0.1) is 0 Å². The summed E-state index contributed by atoms with van der Waals surface area (Å²) in [5.74, 6) is 2.10. The molecule has 0 aromatic carbocycles. The van der Waals surface area contributed by atoms with Crippen LogP contribution in [0, 0.1) is 40.9 Å². The number of carbonyl (C=O) groups excluding carboxylic acids is 1. The number of hydrogen-bond acceptors (Lipinski definition) is 3. The highest BCUT2D eigenvalue weighted by Crippen LogP contribution is 2.42. The van der Waals surface area contributed by atoms with Crippen molar-refractivity contribution in [2.45, 2.75) is 96.2 Å². The third-order valence-corrected chi connectivity index (χ3v) is 7.40. The molecule has 3 saturated carbocycles. The van der Waals surface area contributed by atoms with E-state index in [-0.39, 0.29) is 24.2 Å². The van der Waals surface area contributed by atoms with Gasteiger partial charge in [-0.1, -0.05) is 26.2 Å². The smallest absolute Gasteiger partial charge is 0.309 e. The molecule has 3 rings (SSSR count). The molecule has 3 fully saturated rings. The van der Waals surface area contributed by atoms with Gasteiger partial charge in [-0.3, -0.25) is 4.79 Å². The van der Waals surface area contributed by atoms with Crippen molar-refractivity contribution in [2.24, 2.45) is 29.6 Å². The first kappa shape index (κ1) is 19.6. The summed E-state index contributed by atoms with van der Waals surface area (Å²) < 4.78 is 19.7. The van der Waals surface area contributed by atoms with Crippen molar-refractivity contribution in [1.29, 1.82) is 5.26 Å². The standard InChI is InChI=1S/C22H34FNO2/c1-2-15-3-6-17(7-4-15)18-8-10-19(11-9-18)22(25)26-21-12-5-16(14-24)13-20(21)23/h15-21H,2-13H2,1H3. The molecule has 0 aromatic rings. The molecule has 0 aromatic heterocycles. The van der Waals surface area contributed by atoms with E-state index in [0.29, 0.717) is 12.8 Å². The van der Waals surface area contributed by atoms with E-state index in [0.717, 1.165) is 43.4 Å². The maximum Gasteiger partial charge on any atom is 0.309 e. The molecule has 3 aliphatic rings. The number of halogens is 1. The van der Waals surface area contributed by atoms with Gasteiger partial charge in [0.25, 0.3) is 0 Å². The maximum atomic E-state index is 14.2. The predicted octanol–water partition coefficient (Wildman–Crippen LogP) is 5.58. The summed E-state index contributed by atoms with van der Waals surface area (Å²) >= 11 is 0. The van der Waals surface area contributed by atoms with E-state index in [1.807, 2.05) is 0 Å². The summed E-state index contributed by atoms with van der Waals surface area (Å²) in [4.78, 5) is 12.5. The minimum Gasteiger partial charge on any atom is -0.459 e. The quantitative estimate of drug-likeness (QED) is 0.612. The van der Waals surface area contributed by atoms with Crippen molar-refractivity contribution in [3.05, 3.63) is 0 Å². The van der Waals surface area contributed by atoms with E-state index in [1.54, 1.807) is 0 Å². The highest BCUT2D eigenvalue weighted by molar-refractivity contribution is 5.72. The summed E-state index contributed by atoms with van der Waals surface area (Å²) in [6.45, 7) is 2.30. The third kappa shape index (κ3) is 4.78. The minimum atomic E-state index is -1.18. The zero-order valence-electron chi connectivity index (χ0n) is 16.2. The molecule has 3 aliphatic carbocycles. The summed E-state index contributed by atoms with van der Waals surface area (Å²) in [6.07, 6.45) is 10.4. The first-order valence-corrected chi connectivity index (χ1v) is 10.8. The van der Waals surface area contributed by atoms with Crippen LogP contribution in [0.1, 0.15) is 84.0 Å².